The second-order valence-corrected chi connectivity index (χ2v) is 5.36. The highest BCUT2D eigenvalue weighted by Crippen LogP contribution is 2.40. The first kappa shape index (κ1) is 13.9. The molecule has 0 aromatic carbocycles. The summed E-state index contributed by atoms with van der Waals surface area (Å²) in [4.78, 5) is 0. The van der Waals surface area contributed by atoms with Crippen LogP contribution in [0.15, 0.2) is 71.9 Å². The van der Waals surface area contributed by atoms with Crippen molar-refractivity contribution >= 4 is 11.8 Å². The third-order valence-electron chi connectivity index (χ3n) is 2.80. The maximum absolute atomic E-state index is 13.4. The summed E-state index contributed by atoms with van der Waals surface area (Å²) in [6, 6.07) is 0. The van der Waals surface area contributed by atoms with Gasteiger partial charge in [-0.15, -0.1) is 11.8 Å². The molecule has 0 N–H and O–H groups in total. The van der Waals surface area contributed by atoms with Gasteiger partial charge in [-0.25, -0.2) is 17.6 Å². The van der Waals surface area contributed by atoms with E-state index in [0.29, 0.717) is 0 Å². The Kier molecular flexibility index (Phi) is 3.85. The number of allylic oxidation sites excluding steroid dienone is 6. The van der Waals surface area contributed by atoms with E-state index >= 15 is 0 Å². The van der Waals surface area contributed by atoms with Crippen LogP contribution in [-0.4, -0.2) is 10.5 Å². The van der Waals surface area contributed by atoms with Gasteiger partial charge in [-0.1, -0.05) is 25.3 Å². The molecule has 0 aromatic heterocycles. The summed E-state index contributed by atoms with van der Waals surface area (Å²) in [7, 11) is 0. The minimum atomic E-state index is -1.01. The predicted molar refractivity (Wildman–Crippen MR) is 70.2 cm³/mol. The molecular weight excluding hydrogens is 276 g/mol. The Morgan fingerprint density at radius 2 is 1.16 bits per heavy atom. The molecule has 0 amide bonds. The molecular formula is C14H10F4S. The van der Waals surface area contributed by atoms with Crippen LogP contribution in [0.2, 0.25) is 0 Å². The third-order valence-corrected chi connectivity index (χ3v) is 4.27. The van der Waals surface area contributed by atoms with Crippen molar-refractivity contribution in [3.63, 3.8) is 0 Å². The highest BCUT2D eigenvalue weighted by atomic mass is 32.2. The van der Waals surface area contributed by atoms with Gasteiger partial charge in [0.2, 0.25) is 0 Å². The molecule has 0 aliphatic heterocycles. The average molecular weight is 286 g/mol. The van der Waals surface area contributed by atoms with E-state index < -0.39 is 33.8 Å². The first-order valence-corrected chi connectivity index (χ1v) is 6.37. The zero-order valence-corrected chi connectivity index (χ0v) is 10.6. The Hall–Kier alpha value is -1.49. The fourth-order valence-electron chi connectivity index (χ4n) is 1.69. The Bertz CT molecular complexity index is 516. The molecule has 0 bridgehead atoms. The minimum Gasteiger partial charge on any atom is -0.204 e. The van der Waals surface area contributed by atoms with Crippen molar-refractivity contribution < 1.29 is 17.6 Å². The van der Waals surface area contributed by atoms with Crippen molar-refractivity contribution in [3.05, 3.63) is 71.9 Å². The normalized spacial score (nSPS) is 27.6. The molecule has 2 rings (SSSR count). The van der Waals surface area contributed by atoms with Crippen LogP contribution in [0.3, 0.4) is 0 Å². The molecule has 0 saturated carbocycles. The Morgan fingerprint density at radius 1 is 0.789 bits per heavy atom. The minimum absolute atomic E-state index is 0.0263. The van der Waals surface area contributed by atoms with Crippen molar-refractivity contribution in [3.8, 4) is 0 Å². The summed E-state index contributed by atoms with van der Waals surface area (Å²) in [5, 5.41) is -1.08. The van der Waals surface area contributed by atoms with E-state index in [9.17, 15) is 17.6 Å². The Morgan fingerprint density at radius 3 is 1.53 bits per heavy atom. The topological polar surface area (TPSA) is 0 Å². The SMILES string of the molecule is C=C1C(F)=C(F)C=CC1SC1C=CC(F)=C(F)C1=C. The largest absolute Gasteiger partial charge is 0.204 e. The van der Waals surface area contributed by atoms with Gasteiger partial charge in [0.25, 0.3) is 0 Å². The summed E-state index contributed by atoms with van der Waals surface area (Å²) >= 11 is 1.11. The van der Waals surface area contributed by atoms with Crippen molar-refractivity contribution in [2.75, 3.05) is 0 Å². The molecule has 0 saturated heterocycles. The smallest absolute Gasteiger partial charge is 0.162 e. The van der Waals surface area contributed by atoms with Crippen LogP contribution in [0, 0.1) is 0 Å². The molecule has 5 heteroatoms. The van der Waals surface area contributed by atoms with Crippen molar-refractivity contribution in [2.45, 2.75) is 10.5 Å². The van der Waals surface area contributed by atoms with Crippen LogP contribution in [0.5, 0.6) is 0 Å². The van der Waals surface area contributed by atoms with Gasteiger partial charge in [-0.3, -0.25) is 0 Å². The van der Waals surface area contributed by atoms with Crippen molar-refractivity contribution in [2.24, 2.45) is 0 Å². The second kappa shape index (κ2) is 5.25. The highest BCUT2D eigenvalue weighted by molar-refractivity contribution is 8.01. The van der Waals surface area contributed by atoms with Gasteiger partial charge in [-0.05, 0) is 12.2 Å². The summed E-state index contributed by atoms with van der Waals surface area (Å²) in [5.74, 6) is -3.96. The number of thioether (sulfide) groups is 1. The highest BCUT2D eigenvalue weighted by Gasteiger charge is 2.28. The zero-order chi connectivity index (χ0) is 14.2. The van der Waals surface area contributed by atoms with Gasteiger partial charge in [0.15, 0.2) is 23.3 Å². The van der Waals surface area contributed by atoms with E-state index in [1.165, 1.54) is 12.2 Å². The van der Waals surface area contributed by atoms with Gasteiger partial charge in [0.1, 0.15) is 0 Å². The van der Waals surface area contributed by atoms with Crippen LogP contribution >= 0.6 is 11.8 Å². The lowest BCUT2D eigenvalue weighted by molar-refractivity contribution is 0.555. The molecule has 2 aliphatic carbocycles. The van der Waals surface area contributed by atoms with Gasteiger partial charge in [0, 0.05) is 11.1 Å². The second-order valence-electron chi connectivity index (χ2n) is 4.07. The third kappa shape index (κ3) is 2.61. The van der Waals surface area contributed by atoms with Gasteiger partial charge in [-0.2, -0.15) is 0 Å². The summed E-state index contributed by atoms with van der Waals surface area (Å²) in [6.45, 7) is 6.95. The maximum atomic E-state index is 13.4. The molecule has 19 heavy (non-hydrogen) atoms. The molecule has 0 radical (unpaired) electrons. The first-order chi connectivity index (χ1) is 8.91. The Labute approximate surface area is 112 Å². The zero-order valence-electron chi connectivity index (χ0n) is 9.80. The number of hydrogen-bond acceptors (Lipinski definition) is 1. The monoisotopic (exact) mass is 286 g/mol. The molecule has 0 fully saturated rings. The standard InChI is InChI=1S/C14H10F4S/c1-7-11(5-3-9(15)13(7)17)19-12-6-4-10(16)14(18)8(12)2/h3-6,11-12H,1-2H2. The maximum Gasteiger partial charge on any atom is 0.162 e. The van der Waals surface area contributed by atoms with Crippen molar-refractivity contribution in [1.29, 1.82) is 0 Å². The lowest BCUT2D eigenvalue weighted by atomic mass is 10.1. The van der Waals surface area contributed by atoms with Gasteiger partial charge in [0.05, 0.1) is 10.5 Å². The van der Waals surface area contributed by atoms with Crippen LogP contribution in [0.25, 0.3) is 0 Å². The summed E-state index contributed by atoms with van der Waals surface area (Å²) in [5.41, 5.74) is -0.0525. The number of halogens is 4. The van der Waals surface area contributed by atoms with Crippen molar-refractivity contribution in [1.82, 2.24) is 0 Å². The quantitative estimate of drug-likeness (QED) is 0.643. The summed E-state index contributed by atoms with van der Waals surface area (Å²) < 4.78 is 52.7. The Balaban J connectivity index is 2.13. The molecule has 100 valence electrons. The van der Waals surface area contributed by atoms with Crippen LogP contribution in [0.1, 0.15) is 0 Å². The number of rotatable bonds is 2. The van der Waals surface area contributed by atoms with Gasteiger partial charge >= 0.3 is 0 Å². The van der Waals surface area contributed by atoms with Gasteiger partial charge < -0.3 is 0 Å². The molecule has 0 nitrogen and oxygen atoms in total. The average Bonchev–Trinajstić information content (AvgIpc) is 2.39. The molecule has 2 atom stereocenters. The van der Waals surface area contributed by atoms with E-state index in [0.717, 1.165) is 23.9 Å². The van der Waals surface area contributed by atoms with E-state index in [-0.39, 0.29) is 11.1 Å². The lowest BCUT2D eigenvalue weighted by Gasteiger charge is -2.24. The predicted octanol–water partition coefficient (Wildman–Crippen LogP) is 5.01. The molecule has 2 aliphatic rings. The molecule has 0 aromatic rings. The van der Waals surface area contributed by atoms with Crippen LogP contribution < -0.4 is 0 Å². The summed E-state index contributed by atoms with van der Waals surface area (Å²) in [6.07, 6.45) is 4.87. The first-order valence-electron chi connectivity index (χ1n) is 5.42. The van der Waals surface area contributed by atoms with E-state index in [1.807, 2.05) is 0 Å². The lowest BCUT2D eigenvalue weighted by Crippen LogP contribution is -2.16. The van der Waals surface area contributed by atoms with E-state index in [1.54, 1.807) is 0 Å². The van der Waals surface area contributed by atoms with Crippen LogP contribution in [-0.2, 0) is 0 Å². The molecule has 0 spiro atoms. The van der Waals surface area contributed by atoms with E-state index in [4.69, 9.17) is 0 Å². The number of hydrogen-bond donors (Lipinski definition) is 0. The molecule has 0 heterocycles. The van der Waals surface area contributed by atoms with E-state index in [2.05, 4.69) is 13.2 Å². The van der Waals surface area contributed by atoms with Crippen LogP contribution in [0.4, 0.5) is 17.6 Å². The fourth-order valence-corrected chi connectivity index (χ4v) is 2.88. The molecule has 2 unspecified atom stereocenters. The fraction of sp³-hybridized carbons (Fsp3) is 0.143.